The summed E-state index contributed by atoms with van der Waals surface area (Å²) in [6, 6.07) is 11.9. The third-order valence-electron chi connectivity index (χ3n) is 5.92. The predicted molar refractivity (Wildman–Crippen MR) is 147 cm³/mol. The first-order chi connectivity index (χ1) is 17.4. The van der Waals surface area contributed by atoms with Gasteiger partial charge in [0.2, 0.25) is 10.0 Å². The minimum Gasteiger partial charge on any atom is -0.457 e. The first-order valence-electron chi connectivity index (χ1n) is 11.8. The van der Waals surface area contributed by atoms with E-state index in [0.717, 1.165) is 17.1 Å². The van der Waals surface area contributed by atoms with Crippen LogP contribution in [0.4, 0.5) is 10.2 Å². The number of nitrogens with two attached hydrogens (primary N) is 1. The number of ether oxygens (including phenoxy) is 1. The van der Waals surface area contributed by atoms with Crippen LogP contribution in [0.25, 0.3) is 11.3 Å². The number of halogens is 1. The van der Waals surface area contributed by atoms with Gasteiger partial charge in [-0.1, -0.05) is 55.6 Å². The van der Waals surface area contributed by atoms with Gasteiger partial charge < -0.3 is 15.4 Å². The molecule has 37 heavy (non-hydrogen) atoms. The Kier molecular flexibility index (Phi) is 8.55. The average molecular weight is 528 g/mol. The number of amidine groups is 1. The highest BCUT2D eigenvalue weighted by Gasteiger charge is 2.48. The largest absolute Gasteiger partial charge is 0.457 e. The summed E-state index contributed by atoms with van der Waals surface area (Å²) in [7, 11) is -0.132. The van der Waals surface area contributed by atoms with Crippen molar-refractivity contribution in [3.8, 4) is 11.3 Å². The second-order valence-corrected chi connectivity index (χ2v) is 11.2. The van der Waals surface area contributed by atoms with Gasteiger partial charge in [0.25, 0.3) is 6.02 Å². The lowest BCUT2D eigenvalue weighted by atomic mass is 9.96. The number of rotatable bonds is 9. The van der Waals surface area contributed by atoms with Gasteiger partial charge >= 0.3 is 0 Å². The maximum Gasteiger partial charge on any atom is 0.299 e. The summed E-state index contributed by atoms with van der Waals surface area (Å²) in [5.74, 6) is 0.113. The molecular weight excluding hydrogens is 493 g/mol. The molecular formula is C27H34FN5O3S. The number of pyridine rings is 1. The van der Waals surface area contributed by atoms with E-state index < -0.39 is 32.7 Å². The molecule has 2 atom stereocenters. The minimum atomic E-state index is -3.96. The second-order valence-electron chi connectivity index (χ2n) is 9.42. The number of allylic oxidation sites excluding steroid dienone is 2. The summed E-state index contributed by atoms with van der Waals surface area (Å²) in [4.78, 5) is 10.9. The number of sulfonamides is 1. The molecule has 0 saturated carbocycles. The van der Waals surface area contributed by atoms with Crippen molar-refractivity contribution in [1.29, 1.82) is 0 Å². The smallest absolute Gasteiger partial charge is 0.299 e. The fourth-order valence-electron chi connectivity index (χ4n) is 4.27. The van der Waals surface area contributed by atoms with E-state index in [-0.39, 0.29) is 24.6 Å². The Labute approximate surface area is 218 Å². The van der Waals surface area contributed by atoms with Gasteiger partial charge in [-0.15, -0.1) is 0 Å². The Hall–Kier alpha value is -3.50. The molecule has 10 heteroatoms. The van der Waals surface area contributed by atoms with E-state index >= 15 is 0 Å². The Morgan fingerprint density at radius 1 is 1.30 bits per heavy atom. The molecule has 2 aromatic rings. The highest BCUT2D eigenvalue weighted by molar-refractivity contribution is 7.90. The highest BCUT2D eigenvalue weighted by atomic mass is 32.2. The maximum absolute atomic E-state index is 14.1. The summed E-state index contributed by atoms with van der Waals surface area (Å²) in [5, 5.41) is -1.03. The molecule has 3 rings (SSSR count). The van der Waals surface area contributed by atoms with Crippen LogP contribution in [-0.2, 0) is 14.8 Å². The first-order valence-corrected chi connectivity index (χ1v) is 13.3. The molecule has 1 unspecified atom stereocenters. The fourth-order valence-corrected chi connectivity index (χ4v) is 6.04. The standard InChI is InChI=1S/C27H34FN5O3S/c1-7-9-21(18(2)28)23(16-17-29)31-26-32-37(34,35)25(27(3,4)36-26)20-14-12-19(13-15-20)22-10-8-11-24(30-22)33(5)6/h7-15,23,25H,1-2,16-17,29H2,3-6H3,(H,31,32)/b21-9+/t23-,25?/m0/s1. The molecule has 1 aromatic carbocycles. The molecule has 8 nitrogen and oxygen atoms in total. The highest BCUT2D eigenvalue weighted by Crippen LogP contribution is 2.39. The van der Waals surface area contributed by atoms with Gasteiger partial charge in [0.05, 0.1) is 11.7 Å². The quantitative estimate of drug-likeness (QED) is 0.472. The molecule has 3 N–H and O–H groups in total. The van der Waals surface area contributed by atoms with Crippen LogP contribution in [0.3, 0.4) is 0 Å². The van der Waals surface area contributed by atoms with Crippen molar-refractivity contribution in [2.24, 2.45) is 10.7 Å². The number of aliphatic imine (C=N–C) groups is 1. The lowest BCUT2D eigenvalue weighted by molar-refractivity contribution is 0.0762. The van der Waals surface area contributed by atoms with Crippen LogP contribution >= 0.6 is 0 Å². The molecule has 0 spiro atoms. The average Bonchev–Trinajstić information content (AvgIpc) is 2.81. The van der Waals surface area contributed by atoms with E-state index in [1.165, 1.54) is 12.2 Å². The van der Waals surface area contributed by atoms with Crippen LogP contribution in [0.1, 0.15) is 31.1 Å². The molecule has 0 bridgehead atoms. The topological polar surface area (TPSA) is 110 Å². The third kappa shape index (κ3) is 6.44. The van der Waals surface area contributed by atoms with Crippen molar-refractivity contribution in [3.05, 3.63) is 84.7 Å². The van der Waals surface area contributed by atoms with E-state index in [2.05, 4.69) is 27.9 Å². The number of hydrogen-bond acceptors (Lipinski definition) is 7. The van der Waals surface area contributed by atoms with Crippen LogP contribution in [0.15, 0.2) is 84.2 Å². The lowest BCUT2D eigenvalue weighted by Crippen LogP contribution is -2.53. The Morgan fingerprint density at radius 2 is 1.97 bits per heavy atom. The number of benzene rings is 1. The molecule has 1 fully saturated rings. The summed E-state index contributed by atoms with van der Waals surface area (Å²) in [5.41, 5.74) is 6.83. The van der Waals surface area contributed by atoms with Crippen molar-refractivity contribution < 1.29 is 17.5 Å². The van der Waals surface area contributed by atoms with Crippen LogP contribution in [-0.4, -0.2) is 51.7 Å². The van der Waals surface area contributed by atoms with Crippen LogP contribution < -0.4 is 15.4 Å². The van der Waals surface area contributed by atoms with Gasteiger partial charge in [-0.3, -0.25) is 0 Å². The molecule has 0 aliphatic carbocycles. The predicted octanol–water partition coefficient (Wildman–Crippen LogP) is 4.25. The Morgan fingerprint density at radius 3 is 2.51 bits per heavy atom. The Balaban J connectivity index is 1.93. The van der Waals surface area contributed by atoms with Crippen LogP contribution in [0.5, 0.6) is 0 Å². The zero-order chi connectivity index (χ0) is 27.4. The number of hydrogen-bond donors (Lipinski definition) is 2. The van der Waals surface area contributed by atoms with Gasteiger partial charge in [-0.25, -0.2) is 27.5 Å². The molecule has 1 saturated heterocycles. The summed E-state index contributed by atoms with van der Waals surface area (Å²) >= 11 is 0. The van der Waals surface area contributed by atoms with Crippen molar-refractivity contribution in [3.63, 3.8) is 0 Å². The second kappa shape index (κ2) is 11.3. The zero-order valence-corrected chi connectivity index (χ0v) is 22.4. The van der Waals surface area contributed by atoms with Gasteiger partial charge in [-0.2, -0.15) is 0 Å². The molecule has 2 heterocycles. The van der Waals surface area contributed by atoms with Crippen molar-refractivity contribution in [2.45, 2.75) is 37.2 Å². The van der Waals surface area contributed by atoms with Gasteiger partial charge in [-0.05, 0) is 44.5 Å². The van der Waals surface area contributed by atoms with Crippen molar-refractivity contribution >= 4 is 21.9 Å². The molecule has 0 amide bonds. The summed E-state index contributed by atoms with van der Waals surface area (Å²) in [6.07, 6.45) is 3.10. The monoisotopic (exact) mass is 527 g/mol. The van der Waals surface area contributed by atoms with E-state index in [1.807, 2.05) is 49.3 Å². The van der Waals surface area contributed by atoms with E-state index in [0.29, 0.717) is 5.56 Å². The first kappa shape index (κ1) is 28.1. The zero-order valence-electron chi connectivity index (χ0n) is 21.6. The van der Waals surface area contributed by atoms with Gasteiger partial charge in [0.15, 0.2) is 0 Å². The summed E-state index contributed by atoms with van der Waals surface area (Å²) in [6.45, 7) is 10.5. The SMILES string of the molecule is C=C/C=C(\C(=C)F)[C@H](CCN)N=C1NS(=O)(=O)C(c2ccc(-c3cccc(N(C)C)n3)cc2)C(C)(C)O1. The minimum absolute atomic E-state index is 0.151. The number of nitrogens with zero attached hydrogens (tertiary/aromatic N) is 3. The molecule has 0 radical (unpaired) electrons. The summed E-state index contributed by atoms with van der Waals surface area (Å²) < 4.78 is 49.3. The normalized spacial score (nSPS) is 20.4. The Bertz CT molecular complexity index is 1320. The molecule has 198 valence electrons. The molecule has 1 aliphatic heterocycles. The van der Waals surface area contributed by atoms with Crippen molar-refractivity contribution in [2.75, 3.05) is 25.5 Å². The number of nitrogens with one attached hydrogen (secondary N) is 1. The third-order valence-corrected chi connectivity index (χ3v) is 7.84. The molecule has 1 aliphatic rings. The fraction of sp³-hybridized carbons (Fsp3) is 0.333. The number of aromatic nitrogens is 1. The van der Waals surface area contributed by atoms with Crippen LogP contribution in [0, 0.1) is 0 Å². The van der Waals surface area contributed by atoms with Crippen LogP contribution in [0.2, 0.25) is 0 Å². The van der Waals surface area contributed by atoms with E-state index in [4.69, 9.17) is 10.5 Å². The lowest BCUT2D eigenvalue weighted by Gasteiger charge is -2.39. The van der Waals surface area contributed by atoms with E-state index in [1.54, 1.807) is 26.0 Å². The van der Waals surface area contributed by atoms with E-state index in [9.17, 15) is 12.8 Å². The number of anilines is 1. The molecule has 1 aromatic heterocycles. The van der Waals surface area contributed by atoms with Gasteiger partial charge in [0.1, 0.15) is 22.5 Å². The maximum atomic E-state index is 14.1. The van der Waals surface area contributed by atoms with Gasteiger partial charge in [0, 0.05) is 25.2 Å². The van der Waals surface area contributed by atoms with Crippen molar-refractivity contribution in [1.82, 2.24) is 9.71 Å².